The Kier molecular flexibility index (Phi) is 2.95. The van der Waals surface area contributed by atoms with Crippen LogP contribution >= 0.6 is 0 Å². The minimum atomic E-state index is 0.479. The predicted molar refractivity (Wildman–Crippen MR) is 34.4 cm³/mol. The van der Waals surface area contributed by atoms with Crippen LogP contribution in [0, 0.1) is 0 Å². The van der Waals surface area contributed by atoms with Crippen LogP contribution in [0.2, 0.25) is 0 Å². The maximum atomic E-state index is 5.34. The van der Waals surface area contributed by atoms with E-state index >= 15 is 0 Å². The van der Waals surface area contributed by atoms with Gasteiger partial charge in [-0.2, -0.15) is 0 Å². The molecule has 0 rings (SSSR count). The summed E-state index contributed by atoms with van der Waals surface area (Å²) in [5.74, 6) is 0.479. The van der Waals surface area contributed by atoms with E-state index in [4.69, 9.17) is 5.73 Å². The zero-order valence-electron chi connectivity index (χ0n) is 5.47. The first kappa shape index (κ1) is 7.23. The van der Waals surface area contributed by atoms with Crippen molar-refractivity contribution in [2.24, 2.45) is 10.7 Å². The number of nitrogens with two attached hydrogens (primary N) is 1. The van der Waals surface area contributed by atoms with Gasteiger partial charge in [-0.25, -0.2) is 5.43 Å². The molecule has 4 heteroatoms. The number of aliphatic imine (C=N–C) groups is 1. The first-order valence-electron chi connectivity index (χ1n) is 2.35. The van der Waals surface area contributed by atoms with E-state index in [1.807, 2.05) is 0 Å². The zero-order valence-corrected chi connectivity index (χ0v) is 5.47. The lowest BCUT2D eigenvalue weighted by Gasteiger charge is -2.14. The second kappa shape index (κ2) is 3.26. The van der Waals surface area contributed by atoms with Crippen molar-refractivity contribution in [3.8, 4) is 0 Å². The molecule has 4 nitrogen and oxygen atoms in total. The van der Waals surface area contributed by atoms with Crippen LogP contribution in [-0.2, 0) is 0 Å². The number of hydrogen-bond acceptors (Lipinski definition) is 2. The summed E-state index contributed by atoms with van der Waals surface area (Å²) in [6.45, 7) is 0. The number of nitrogens with zero attached hydrogens (tertiary/aromatic N) is 2. The third-order valence-electron chi connectivity index (χ3n) is 0.908. The predicted octanol–water partition coefficient (Wildman–Crippen LogP) is -1.00. The van der Waals surface area contributed by atoms with E-state index in [9.17, 15) is 0 Å². The van der Waals surface area contributed by atoms with Crippen molar-refractivity contribution in [3.05, 3.63) is 0 Å². The molecule has 0 saturated carbocycles. The Morgan fingerprint density at radius 1 is 1.75 bits per heavy atom. The highest BCUT2D eigenvalue weighted by Crippen LogP contribution is 1.69. The third kappa shape index (κ3) is 1.79. The van der Waals surface area contributed by atoms with Gasteiger partial charge < -0.3 is 5.73 Å². The number of hydrazine groups is 1. The van der Waals surface area contributed by atoms with Crippen molar-refractivity contribution < 1.29 is 0 Å². The molecule has 3 N–H and O–H groups in total. The van der Waals surface area contributed by atoms with Gasteiger partial charge in [0.25, 0.3) is 0 Å². The maximum Gasteiger partial charge on any atom is 0.205 e. The van der Waals surface area contributed by atoms with Crippen LogP contribution in [0.25, 0.3) is 0 Å². The lowest BCUT2D eigenvalue weighted by Crippen LogP contribution is -2.41. The molecule has 0 spiro atoms. The Bertz CT molecular complexity index is 88.0. The quantitative estimate of drug-likeness (QED) is 0.262. The SMILES string of the molecule is CN=C(N)N(C)NC. The van der Waals surface area contributed by atoms with Gasteiger partial charge in [0.05, 0.1) is 0 Å². The molecule has 0 bridgehead atoms. The van der Waals surface area contributed by atoms with E-state index < -0.39 is 0 Å². The summed E-state index contributed by atoms with van der Waals surface area (Å²) in [5.41, 5.74) is 8.13. The van der Waals surface area contributed by atoms with Gasteiger partial charge in [-0.15, -0.1) is 0 Å². The average molecular weight is 116 g/mol. The minimum absolute atomic E-state index is 0.479. The Balaban J connectivity index is 3.63. The van der Waals surface area contributed by atoms with Crippen molar-refractivity contribution in [2.75, 3.05) is 21.1 Å². The van der Waals surface area contributed by atoms with E-state index in [1.165, 1.54) is 0 Å². The largest absolute Gasteiger partial charge is 0.369 e. The van der Waals surface area contributed by atoms with Crippen molar-refractivity contribution in [3.63, 3.8) is 0 Å². The maximum absolute atomic E-state index is 5.34. The smallest absolute Gasteiger partial charge is 0.205 e. The van der Waals surface area contributed by atoms with Crippen LogP contribution in [0.3, 0.4) is 0 Å². The van der Waals surface area contributed by atoms with Gasteiger partial charge in [0, 0.05) is 21.1 Å². The van der Waals surface area contributed by atoms with Gasteiger partial charge in [0.2, 0.25) is 5.96 Å². The summed E-state index contributed by atoms with van der Waals surface area (Å²) < 4.78 is 0. The molecule has 0 saturated heterocycles. The van der Waals surface area contributed by atoms with E-state index in [1.54, 1.807) is 26.2 Å². The number of hydrogen-bond donors (Lipinski definition) is 2. The van der Waals surface area contributed by atoms with Crippen LogP contribution in [0.4, 0.5) is 0 Å². The van der Waals surface area contributed by atoms with Crippen molar-refractivity contribution in [1.29, 1.82) is 0 Å². The van der Waals surface area contributed by atoms with E-state index in [2.05, 4.69) is 10.4 Å². The monoisotopic (exact) mass is 116 g/mol. The van der Waals surface area contributed by atoms with Crippen LogP contribution in [0.5, 0.6) is 0 Å². The lowest BCUT2D eigenvalue weighted by atomic mass is 10.9. The summed E-state index contributed by atoms with van der Waals surface area (Å²) in [6, 6.07) is 0. The van der Waals surface area contributed by atoms with Gasteiger partial charge in [-0.05, 0) is 0 Å². The molecule has 0 unspecified atom stereocenters. The third-order valence-corrected chi connectivity index (χ3v) is 0.908. The summed E-state index contributed by atoms with van der Waals surface area (Å²) >= 11 is 0. The molecule has 0 radical (unpaired) electrons. The van der Waals surface area contributed by atoms with Crippen LogP contribution < -0.4 is 11.2 Å². The zero-order chi connectivity index (χ0) is 6.57. The highest BCUT2D eigenvalue weighted by Gasteiger charge is 1.91. The fourth-order valence-electron chi connectivity index (χ4n) is 0.265. The van der Waals surface area contributed by atoms with Gasteiger partial charge in [0.15, 0.2) is 0 Å². The van der Waals surface area contributed by atoms with Gasteiger partial charge >= 0.3 is 0 Å². The molecule has 0 aliphatic rings. The first-order chi connectivity index (χ1) is 3.72. The molecule has 0 atom stereocenters. The lowest BCUT2D eigenvalue weighted by molar-refractivity contribution is 0.404. The summed E-state index contributed by atoms with van der Waals surface area (Å²) in [4.78, 5) is 3.72. The minimum Gasteiger partial charge on any atom is -0.369 e. The Morgan fingerprint density at radius 2 is 2.25 bits per heavy atom. The van der Waals surface area contributed by atoms with E-state index in [0.717, 1.165) is 0 Å². The molecule has 0 aliphatic carbocycles. The summed E-state index contributed by atoms with van der Waals surface area (Å²) in [7, 11) is 5.21. The molecular weight excluding hydrogens is 104 g/mol. The topological polar surface area (TPSA) is 53.6 Å². The van der Waals surface area contributed by atoms with Crippen molar-refractivity contribution in [2.45, 2.75) is 0 Å². The highest BCUT2D eigenvalue weighted by molar-refractivity contribution is 5.76. The second-order valence-electron chi connectivity index (χ2n) is 1.36. The van der Waals surface area contributed by atoms with Gasteiger partial charge in [0.1, 0.15) is 0 Å². The van der Waals surface area contributed by atoms with E-state index in [-0.39, 0.29) is 0 Å². The van der Waals surface area contributed by atoms with Crippen LogP contribution in [0.15, 0.2) is 4.99 Å². The summed E-state index contributed by atoms with van der Waals surface area (Å²) in [6.07, 6.45) is 0. The van der Waals surface area contributed by atoms with Crippen LogP contribution in [-0.4, -0.2) is 32.1 Å². The van der Waals surface area contributed by atoms with Gasteiger partial charge in [-0.1, -0.05) is 0 Å². The molecule has 0 aliphatic heterocycles. The molecular formula is C4H12N4. The molecule has 0 heterocycles. The standard InChI is InChI=1S/C4H12N4/c1-6-4(5)8(3)7-2/h7H,1-3H3,(H2,5,6). The summed E-state index contributed by atoms with van der Waals surface area (Å²) in [5, 5.41) is 1.62. The molecule has 0 aromatic rings. The molecule has 0 amide bonds. The number of guanidine groups is 1. The average Bonchev–Trinajstić information content (AvgIpc) is 1.84. The van der Waals surface area contributed by atoms with Crippen LogP contribution in [0.1, 0.15) is 0 Å². The Labute approximate surface area is 49.3 Å². The molecule has 8 heavy (non-hydrogen) atoms. The molecule has 48 valence electrons. The van der Waals surface area contributed by atoms with Gasteiger partial charge in [-0.3, -0.25) is 10.0 Å². The first-order valence-corrected chi connectivity index (χ1v) is 2.35. The fourth-order valence-corrected chi connectivity index (χ4v) is 0.265. The number of rotatable bonds is 1. The normalized spacial score (nSPS) is 11.6. The number of nitrogens with one attached hydrogen (secondary N) is 1. The Hall–Kier alpha value is -0.770. The molecule has 0 aromatic carbocycles. The molecule has 0 fully saturated rings. The second-order valence-corrected chi connectivity index (χ2v) is 1.36. The highest BCUT2D eigenvalue weighted by atomic mass is 15.5. The van der Waals surface area contributed by atoms with Crippen molar-refractivity contribution >= 4 is 5.96 Å². The Morgan fingerprint density at radius 3 is 2.38 bits per heavy atom. The molecule has 0 aromatic heterocycles. The van der Waals surface area contributed by atoms with E-state index in [0.29, 0.717) is 5.96 Å². The fraction of sp³-hybridized carbons (Fsp3) is 0.750. The van der Waals surface area contributed by atoms with Crippen molar-refractivity contribution in [1.82, 2.24) is 10.4 Å².